The summed E-state index contributed by atoms with van der Waals surface area (Å²) in [4.78, 5) is 13.5. The Balaban J connectivity index is 1.46. The van der Waals surface area contributed by atoms with Crippen LogP contribution in [0, 0.1) is 5.92 Å². The normalized spacial score (nSPS) is 20.3. The molecule has 2 aliphatic heterocycles. The van der Waals surface area contributed by atoms with E-state index >= 15 is 0 Å². The number of rotatable bonds is 4. The summed E-state index contributed by atoms with van der Waals surface area (Å²) in [5.74, 6) is 0.298. The van der Waals surface area contributed by atoms with Crippen LogP contribution in [0.15, 0.2) is 70.4 Å². The average Bonchev–Trinajstić information content (AvgIpc) is 2.84. The number of ether oxygens (including phenoxy) is 1. The molecule has 0 spiro atoms. The van der Waals surface area contributed by atoms with Gasteiger partial charge in [-0.2, -0.15) is 17.5 Å². The number of halogens is 3. The first-order valence-electron chi connectivity index (χ1n) is 11.1. The number of fused-ring (bicyclic) bond motifs is 4. The molecule has 184 valence electrons. The Bertz CT molecular complexity index is 1430. The number of piperidine rings is 1. The maximum absolute atomic E-state index is 13.3. The molecule has 0 radical (unpaired) electrons. The van der Waals surface area contributed by atoms with E-state index in [0.717, 1.165) is 18.6 Å². The fourth-order valence-corrected chi connectivity index (χ4v) is 6.64. The van der Waals surface area contributed by atoms with Crippen molar-refractivity contribution in [3.63, 3.8) is 0 Å². The molecule has 6 nitrogen and oxygen atoms in total. The van der Waals surface area contributed by atoms with Crippen molar-refractivity contribution in [2.75, 3.05) is 20.2 Å². The molecule has 2 unspecified atom stereocenters. The van der Waals surface area contributed by atoms with E-state index in [4.69, 9.17) is 4.74 Å². The second-order valence-corrected chi connectivity index (χ2v) is 10.9. The summed E-state index contributed by atoms with van der Waals surface area (Å²) in [7, 11) is -2.22. The standard InChI is InChI=1S/C25H23F3N2O4S/c1-34-20-5-7-21(8-6-20)35(32,33)29-13-16-11-18(15-29)23-10-9-22(24(31)30(23)14-16)17-3-2-4-19(12-17)25(26,27)28/h2-10,12,16,18H,11,13-15H2,1H3. The third-order valence-electron chi connectivity index (χ3n) is 6.77. The smallest absolute Gasteiger partial charge is 0.416 e. The van der Waals surface area contributed by atoms with Gasteiger partial charge in [-0.3, -0.25) is 4.79 Å². The maximum Gasteiger partial charge on any atom is 0.416 e. The van der Waals surface area contributed by atoms with Gasteiger partial charge in [-0.1, -0.05) is 12.1 Å². The Morgan fingerprint density at radius 2 is 1.71 bits per heavy atom. The molecule has 1 aromatic heterocycles. The van der Waals surface area contributed by atoms with Crippen LogP contribution in [0.4, 0.5) is 13.2 Å². The molecule has 2 aromatic carbocycles. The predicted molar refractivity (Wildman–Crippen MR) is 124 cm³/mol. The van der Waals surface area contributed by atoms with Gasteiger partial charge < -0.3 is 9.30 Å². The minimum absolute atomic E-state index is 0.0799. The number of hydrogen-bond donors (Lipinski definition) is 0. The topological polar surface area (TPSA) is 68.6 Å². The van der Waals surface area contributed by atoms with Crippen molar-refractivity contribution in [3.05, 3.63) is 82.3 Å². The highest BCUT2D eigenvalue weighted by molar-refractivity contribution is 7.89. The van der Waals surface area contributed by atoms with E-state index in [9.17, 15) is 26.4 Å². The molecule has 3 heterocycles. The number of nitrogens with zero attached hydrogens (tertiary/aromatic N) is 2. The zero-order valence-corrected chi connectivity index (χ0v) is 19.6. The van der Waals surface area contributed by atoms with E-state index in [0.29, 0.717) is 18.0 Å². The highest BCUT2D eigenvalue weighted by Crippen LogP contribution is 2.38. The molecule has 2 aliphatic rings. The molecule has 2 bridgehead atoms. The van der Waals surface area contributed by atoms with E-state index < -0.39 is 21.8 Å². The number of pyridine rings is 1. The first kappa shape index (κ1) is 23.6. The van der Waals surface area contributed by atoms with Crippen LogP contribution >= 0.6 is 0 Å². The van der Waals surface area contributed by atoms with Crippen LogP contribution in [-0.2, 0) is 22.7 Å². The second-order valence-electron chi connectivity index (χ2n) is 8.96. The minimum Gasteiger partial charge on any atom is -0.497 e. The van der Waals surface area contributed by atoms with Crippen LogP contribution in [0.2, 0.25) is 0 Å². The molecule has 1 fully saturated rings. The fourth-order valence-electron chi connectivity index (χ4n) is 5.08. The van der Waals surface area contributed by atoms with E-state index in [-0.39, 0.29) is 46.5 Å². The molecular weight excluding hydrogens is 481 g/mol. The van der Waals surface area contributed by atoms with E-state index in [1.54, 1.807) is 28.8 Å². The first-order chi connectivity index (χ1) is 16.6. The Labute approximate surface area is 200 Å². The zero-order valence-electron chi connectivity index (χ0n) is 18.8. The molecule has 5 rings (SSSR count). The molecule has 0 aliphatic carbocycles. The number of methoxy groups -OCH3 is 1. The molecular formula is C25H23F3N2O4S. The van der Waals surface area contributed by atoms with Crippen molar-refractivity contribution in [2.45, 2.75) is 30.0 Å². The summed E-state index contributed by atoms with van der Waals surface area (Å²) in [6.45, 7) is 0.809. The van der Waals surface area contributed by atoms with Crippen molar-refractivity contribution < 1.29 is 26.3 Å². The Morgan fingerprint density at radius 1 is 0.971 bits per heavy atom. The quantitative estimate of drug-likeness (QED) is 0.530. The Hall–Kier alpha value is -3.11. The molecule has 0 amide bonds. The van der Waals surface area contributed by atoms with Crippen LogP contribution in [0.1, 0.15) is 23.6 Å². The SMILES string of the molecule is COc1ccc(S(=O)(=O)N2CC3CC(C2)c2ccc(-c4cccc(C(F)(F)F)c4)c(=O)n2C3)cc1. The van der Waals surface area contributed by atoms with Gasteiger partial charge in [0.05, 0.1) is 17.6 Å². The molecule has 2 atom stereocenters. The van der Waals surface area contributed by atoms with Crippen LogP contribution in [0.3, 0.4) is 0 Å². The number of sulfonamides is 1. The van der Waals surface area contributed by atoms with Gasteiger partial charge in [-0.05, 0) is 66.4 Å². The van der Waals surface area contributed by atoms with Gasteiger partial charge in [0.2, 0.25) is 10.0 Å². The highest BCUT2D eigenvalue weighted by atomic mass is 32.2. The van der Waals surface area contributed by atoms with Gasteiger partial charge in [0.15, 0.2) is 0 Å². The fraction of sp³-hybridized carbons (Fsp3) is 0.320. The number of hydrogen-bond acceptors (Lipinski definition) is 4. The Kier molecular flexibility index (Phi) is 5.76. The number of aromatic nitrogens is 1. The van der Waals surface area contributed by atoms with Crippen molar-refractivity contribution in [2.24, 2.45) is 5.92 Å². The molecule has 0 N–H and O–H groups in total. The summed E-state index contributed by atoms with van der Waals surface area (Å²) in [6, 6.07) is 14.2. The molecule has 10 heteroatoms. The van der Waals surface area contributed by atoms with Crippen molar-refractivity contribution in [1.29, 1.82) is 0 Å². The summed E-state index contributed by atoms with van der Waals surface area (Å²) in [5.41, 5.74) is -0.0601. The third kappa shape index (κ3) is 4.25. The lowest BCUT2D eigenvalue weighted by Gasteiger charge is -2.42. The lowest BCUT2D eigenvalue weighted by molar-refractivity contribution is -0.137. The van der Waals surface area contributed by atoms with Gasteiger partial charge in [0, 0.05) is 36.8 Å². The zero-order chi connectivity index (χ0) is 25.0. The van der Waals surface area contributed by atoms with E-state index in [1.807, 2.05) is 0 Å². The Morgan fingerprint density at radius 3 is 2.40 bits per heavy atom. The van der Waals surface area contributed by atoms with Gasteiger partial charge in [0.25, 0.3) is 5.56 Å². The summed E-state index contributed by atoms with van der Waals surface area (Å²) >= 11 is 0. The predicted octanol–water partition coefficient (Wildman–Crippen LogP) is 4.35. The number of alkyl halides is 3. The second kappa shape index (κ2) is 8.53. The average molecular weight is 505 g/mol. The van der Waals surface area contributed by atoms with Crippen molar-refractivity contribution >= 4 is 10.0 Å². The molecule has 0 saturated carbocycles. The van der Waals surface area contributed by atoms with Crippen LogP contribution < -0.4 is 10.3 Å². The van der Waals surface area contributed by atoms with Crippen LogP contribution in [0.5, 0.6) is 5.75 Å². The summed E-state index contributed by atoms with van der Waals surface area (Å²) in [5, 5.41) is 0. The van der Waals surface area contributed by atoms with Gasteiger partial charge in [-0.15, -0.1) is 0 Å². The largest absolute Gasteiger partial charge is 0.497 e. The van der Waals surface area contributed by atoms with E-state index in [1.165, 1.54) is 35.7 Å². The monoisotopic (exact) mass is 504 g/mol. The lowest BCUT2D eigenvalue weighted by Crippen LogP contribution is -2.49. The van der Waals surface area contributed by atoms with Gasteiger partial charge in [0.1, 0.15) is 5.75 Å². The van der Waals surface area contributed by atoms with E-state index in [2.05, 4.69) is 0 Å². The molecule has 35 heavy (non-hydrogen) atoms. The van der Waals surface area contributed by atoms with Crippen molar-refractivity contribution in [3.8, 4) is 16.9 Å². The summed E-state index contributed by atoms with van der Waals surface area (Å²) < 4.78 is 74.2. The third-order valence-corrected chi connectivity index (χ3v) is 8.61. The van der Waals surface area contributed by atoms with Crippen molar-refractivity contribution in [1.82, 2.24) is 8.87 Å². The van der Waals surface area contributed by atoms with Gasteiger partial charge in [-0.25, -0.2) is 8.42 Å². The number of benzene rings is 2. The first-order valence-corrected chi connectivity index (χ1v) is 12.6. The molecule has 3 aromatic rings. The summed E-state index contributed by atoms with van der Waals surface area (Å²) in [6.07, 6.45) is -3.76. The molecule has 1 saturated heterocycles. The highest BCUT2D eigenvalue weighted by Gasteiger charge is 2.40. The van der Waals surface area contributed by atoms with Crippen LogP contribution in [-0.4, -0.2) is 37.5 Å². The minimum atomic E-state index is -4.50. The van der Waals surface area contributed by atoms with Crippen LogP contribution in [0.25, 0.3) is 11.1 Å². The maximum atomic E-state index is 13.3. The van der Waals surface area contributed by atoms with Gasteiger partial charge >= 0.3 is 6.18 Å². The lowest BCUT2D eigenvalue weighted by atomic mass is 9.84.